The van der Waals surface area contributed by atoms with Crippen molar-refractivity contribution >= 4 is 17.4 Å². The number of piperazine rings is 1. The molecule has 3 rings (SSSR count). The molecule has 1 fully saturated rings. The third kappa shape index (κ3) is 5.09. The van der Waals surface area contributed by atoms with E-state index in [-0.39, 0.29) is 11.7 Å². The van der Waals surface area contributed by atoms with Crippen LogP contribution in [0.4, 0.5) is 5.69 Å². The van der Waals surface area contributed by atoms with Gasteiger partial charge in [-0.1, -0.05) is 17.7 Å². The van der Waals surface area contributed by atoms with Gasteiger partial charge in [-0.25, -0.2) is 0 Å². The summed E-state index contributed by atoms with van der Waals surface area (Å²) in [7, 11) is 0. The quantitative estimate of drug-likeness (QED) is 0.736. The van der Waals surface area contributed by atoms with Crippen molar-refractivity contribution in [3.05, 3.63) is 59.7 Å². The molecule has 1 aliphatic heterocycles. The second-order valence-electron chi connectivity index (χ2n) is 6.88. The van der Waals surface area contributed by atoms with Gasteiger partial charge in [-0.2, -0.15) is 0 Å². The number of amides is 1. The van der Waals surface area contributed by atoms with Gasteiger partial charge in [0.2, 0.25) is 5.91 Å². The Bertz CT molecular complexity index is 776. The Morgan fingerprint density at radius 1 is 0.926 bits per heavy atom. The standard InChI is InChI=1S/C22H26N2O3/c1-17-3-9-21(10-4-17)27-16-11-22(26)24-14-12-23(13-15-24)20-7-5-19(6-8-20)18(2)25/h3-10H,11-16H2,1-2H3. The summed E-state index contributed by atoms with van der Waals surface area (Å²) < 4.78 is 5.66. The van der Waals surface area contributed by atoms with Crippen molar-refractivity contribution in [3.8, 4) is 5.75 Å². The topological polar surface area (TPSA) is 49.9 Å². The van der Waals surface area contributed by atoms with E-state index in [0.717, 1.165) is 30.1 Å². The number of ether oxygens (including phenoxy) is 1. The van der Waals surface area contributed by atoms with Crippen LogP contribution in [0.15, 0.2) is 48.5 Å². The molecule has 0 unspecified atom stereocenters. The van der Waals surface area contributed by atoms with Gasteiger partial charge in [-0.15, -0.1) is 0 Å². The number of aryl methyl sites for hydroxylation is 1. The fourth-order valence-corrected chi connectivity index (χ4v) is 3.17. The summed E-state index contributed by atoms with van der Waals surface area (Å²) in [6.07, 6.45) is 0.390. The number of carbonyl (C=O) groups excluding carboxylic acids is 2. The van der Waals surface area contributed by atoms with Gasteiger partial charge >= 0.3 is 0 Å². The summed E-state index contributed by atoms with van der Waals surface area (Å²) in [5.41, 5.74) is 3.00. The highest BCUT2D eigenvalue weighted by atomic mass is 16.5. The summed E-state index contributed by atoms with van der Waals surface area (Å²) in [6, 6.07) is 15.5. The number of anilines is 1. The molecule has 0 bridgehead atoms. The van der Waals surface area contributed by atoms with Gasteiger partial charge < -0.3 is 14.5 Å². The van der Waals surface area contributed by atoms with Crippen molar-refractivity contribution in [3.63, 3.8) is 0 Å². The number of benzene rings is 2. The lowest BCUT2D eigenvalue weighted by Crippen LogP contribution is -2.49. The molecular weight excluding hydrogens is 340 g/mol. The first-order valence-electron chi connectivity index (χ1n) is 9.36. The number of hydrogen-bond donors (Lipinski definition) is 0. The maximum Gasteiger partial charge on any atom is 0.226 e. The van der Waals surface area contributed by atoms with Crippen LogP contribution in [-0.2, 0) is 4.79 Å². The second-order valence-corrected chi connectivity index (χ2v) is 6.88. The molecule has 1 heterocycles. The van der Waals surface area contributed by atoms with E-state index in [1.807, 2.05) is 60.4 Å². The first-order chi connectivity index (χ1) is 13.0. The molecule has 2 aromatic rings. The maximum absolute atomic E-state index is 12.4. The van der Waals surface area contributed by atoms with Crippen molar-refractivity contribution in [2.45, 2.75) is 20.3 Å². The molecule has 27 heavy (non-hydrogen) atoms. The van der Waals surface area contributed by atoms with E-state index < -0.39 is 0 Å². The van der Waals surface area contributed by atoms with Gasteiger partial charge in [-0.3, -0.25) is 9.59 Å². The van der Waals surface area contributed by atoms with Crippen LogP contribution in [-0.4, -0.2) is 49.4 Å². The third-order valence-electron chi connectivity index (χ3n) is 4.88. The highest BCUT2D eigenvalue weighted by Gasteiger charge is 2.21. The molecule has 0 saturated carbocycles. The van der Waals surface area contributed by atoms with Gasteiger partial charge in [0, 0.05) is 37.4 Å². The molecule has 2 aromatic carbocycles. The highest BCUT2D eigenvalue weighted by molar-refractivity contribution is 5.94. The Labute approximate surface area is 160 Å². The SMILES string of the molecule is CC(=O)c1ccc(N2CCN(C(=O)CCOc3ccc(C)cc3)CC2)cc1. The van der Waals surface area contributed by atoms with Crippen LogP contribution in [0.1, 0.15) is 29.3 Å². The monoisotopic (exact) mass is 366 g/mol. The van der Waals surface area contributed by atoms with E-state index in [0.29, 0.717) is 26.1 Å². The van der Waals surface area contributed by atoms with Crippen molar-refractivity contribution in [1.82, 2.24) is 4.90 Å². The lowest BCUT2D eigenvalue weighted by Gasteiger charge is -2.36. The van der Waals surface area contributed by atoms with E-state index in [1.165, 1.54) is 5.56 Å². The van der Waals surface area contributed by atoms with Crippen LogP contribution < -0.4 is 9.64 Å². The van der Waals surface area contributed by atoms with E-state index in [4.69, 9.17) is 4.74 Å². The molecule has 142 valence electrons. The van der Waals surface area contributed by atoms with Crippen LogP contribution in [0, 0.1) is 6.92 Å². The number of Topliss-reactive ketones (excluding diaryl/α,β-unsaturated/α-hetero) is 1. The van der Waals surface area contributed by atoms with Crippen molar-refractivity contribution in [2.75, 3.05) is 37.7 Å². The van der Waals surface area contributed by atoms with Gasteiger partial charge in [0.25, 0.3) is 0 Å². The van der Waals surface area contributed by atoms with Crippen molar-refractivity contribution in [1.29, 1.82) is 0 Å². The first-order valence-corrected chi connectivity index (χ1v) is 9.36. The Kier molecular flexibility index (Phi) is 6.12. The molecule has 0 aliphatic carbocycles. The zero-order valence-electron chi connectivity index (χ0n) is 16.0. The molecule has 0 radical (unpaired) electrons. The van der Waals surface area contributed by atoms with E-state index in [2.05, 4.69) is 4.90 Å². The largest absolute Gasteiger partial charge is 0.493 e. The predicted octanol–water partition coefficient (Wildman–Crippen LogP) is 3.32. The van der Waals surface area contributed by atoms with E-state index in [1.54, 1.807) is 6.92 Å². The molecule has 5 heteroatoms. The van der Waals surface area contributed by atoms with Crippen LogP contribution in [0.3, 0.4) is 0 Å². The summed E-state index contributed by atoms with van der Waals surface area (Å²) in [6.45, 7) is 7.00. The molecule has 5 nitrogen and oxygen atoms in total. The molecule has 0 spiro atoms. The zero-order chi connectivity index (χ0) is 19.2. The summed E-state index contributed by atoms with van der Waals surface area (Å²) in [5, 5.41) is 0. The molecular formula is C22H26N2O3. The minimum atomic E-state index is 0.0739. The third-order valence-corrected chi connectivity index (χ3v) is 4.88. The average Bonchev–Trinajstić information content (AvgIpc) is 2.69. The summed E-state index contributed by atoms with van der Waals surface area (Å²) >= 11 is 0. The molecule has 0 aromatic heterocycles. The van der Waals surface area contributed by atoms with Gasteiger partial charge in [-0.05, 0) is 50.2 Å². The summed E-state index contributed by atoms with van der Waals surface area (Å²) in [5.74, 6) is 1.01. The lowest BCUT2D eigenvalue weighted by molar-refractivity contribution is -0.132. The molecule has 1 aliphatic rings. The minimum absolute atomic E-state index is 0.0739. The maximum atomic E-state index is 12.4. The van der Waals surface area contributed by atoms with Crippen LogP contribution in [0.25, 0.3) is 0 Å². The molecule has 0 atom stereocenters. The lowest BCUT2D eigenvalue weighted by atomic mass is 10.1. The number of rotatable bonds is 6. The fraction of sp³-hybridized carbons (Fsp3) is 0.364. The number of hydrogen-bond acceptors (Lipinski definition) is 4. The van der Waals surface area contributed by atoms with Gasteiger partial charge in [0.05, 0.1) is 13.0 Å². The Morgan fingerprint density at radius 3 is 2.15 bits per heavy atom. The normalized spacial score (nSPS) is 14.1. The number of carbonyl (C=O) groups is 2. The Morgan fingerprint density at radius 2 is 1.56 bits per heavy atom. The molecule has 0 N–H and O–H groups in total. The zero-order valence-corrected chi connectivity index (χ0v) is 16.0. The second kappa shape index (κ2) is 8.71. The van der Waals surface area contributed by atoms with E-state index in [9.17, 15) is 9.59 Å². The Hall–Kier alpha value is -2.82. The van der Waals surface area contributed by atoms with Crippen LogP contribution in [0.2, 0.25) is 0 Å². The van der Waals surface area contributed by atoms with Gasteiger partial charge in [0.15, 0.2) is 5.78 Å². The van der Waals surface area contributed by atoms with Crippen molar-refractivity contribution in [2.24, 2.45) is 0 Å². The van der Waals surface area contributed by atoms with E-state index >= 15 is 0 Å². The minimum Gasteiger partial charge on any atom is -0.493 e. The van der Waals surface area contributed by atoms with Gasteiger partial charge in [0.1, 0.15) is 5.75 Å². The number of nitrogens with zero attached hydrogens (tertiary/aromatic N) is 2. The smallest absolute Gasteiger partial charge is 0.226 e. The fourth-order valence-electron chi connectivity index (χ4n) is 3.17. The van der Waals surface area contributed by atoms with Crippen LogP contribution >= 0.6 is 0 Å². The first kappa shape index (κ1) is 19.0. The molecule has 1 saturated heterocycles. The summed E-state index contributed by atoms with van der Waals surface area (Å²) in [4.78, 5) is 27.9. The number of ketones is 1. The van der Waals surface area contributed by atoms with Crippen molar-refractivity contribution < 1.29 is 14.3 Å². The van der Waals surface area contributed by atoms with Crippen LogP contribution in [0.5, 0.6) is 5.75 Å². The highest BCUT2D eigenvalue weighted by Crippen LogP contribution is 2.18. The molecule has 1 amide bonds. The predicted molar refractivity (Wildman–Crippen MR) is 107 cm³/mol. The average molecular weight is 366 g/mol. The Balaban J connectivity index is 1.43.